The van der Waals surface area contributed by atoms with Crippen LogP contribution in [0.2, 0.25) is 0 Å². The number of carbonyl (C=O) groups excluding carboxylic acids is 2. The molecule has 7 nitrogen and oxygen atoms in total. The lowest BCUT2D eigenvalue weighted by Crippen LogP contribution is -2.50. The third-order valence-corrected chi connectivity index (χ3v) is 8.70. The first-order chi connectivity index (χ1) is 18.3. The molecule has 0 bridgehead atoms. The number of anilines is 1. The van der Waals surface area contributed by atoms with Crippen LogP contribution in [0.4, 0.5) is 5.69 Å². The van der Waals surface area contributed by atoms with Gasteiger partial charge in [0.1, 0.15) is 11.4 Å². The van der Waals surface area contributed by atoms with Gasteiger partial charge < -0.3 is 0 Å². The smallest absolute Gasteiger partial charge is 0.266 e. The lowest BCUT2D eigenvalue weighted by molar-refractivity contribution is -0.123. The van der Waals surface area contributed by atoms with Crippen LogP contribution in [0.15, 0.2) is 82.1 Å². The fourth-order valence-corrected chi connectivity index (χ4v) is 7.04. The maximum absolute atomic E-state index is 14.4. The molecule has 8 heteroatoms. The van der Waals surface area contributed by atoms with Crippen LogP contribution in [-0.2, 0) is 15.1 Å². The Morgan fingerprint density at radius 3 is 2.42 bits per heavy atom. The normalized spacial score (nSPS) is 25.5. The molecule has 2 fully saturated rings. The lowest BCUT2D eigenvalue weighted by Gasteiger charge is -2.32. The summed E-state index contributed by atoms with van der Waals surface area (Å²) in [5.74, 6) is -1.05. The first-order valence-corrected chi connectivity index (χ1v) is 13.7. The second-order valence-corrected chi connectivity index (χ2v) is 11.7. The van der Waals surface area contributed by atoms with E-state index in [0.29, 0.717) is 34.5 Å². The molecular weight excluding hydrogens is 544 g/mol. The molecule has 4 heterocycles. The number of amides is 2. The highest BCUT2D eigenvalue weighted by Gasteiger charge is 2.69. The van der Waals surface area contributed by atoms with Crippen molar-refractivity contribution in [2.45, 2.75) is 31.8 Å². The zero-order valence-electron chi connectivity index (χ0n) is 20.9. The van der Waals surface area contributed by atoms with Crippen molar-refractivity contribution in [3.8, 4) is 5.69 Å². The Bertz CT molecular complexity index is 1710. The fraction of sp³-hybridized carbons (Fsp3) is 0.267. The van der Waals surface area contributed by atoms with Gasteiger partial charge in [0.25, 0.3) is 5.56 Å². The zero-order chi connectivity index (χ0) is 26.3. The Kier molecular flexibility index (Phi) is 5.06. The Morgan fingerprint density at radius 2 is 1.66 bits per heavy atom. The summed E-state index contributed by atoms with van der Waals surface area (Å²) in [6.45, 7) is 4.23. The maximum Gasteiger partial charge on any atom is 0.266 e. The van der Waals surface area contributed by atoms with E-state index in [9.17, 15) is 14.4 Å². The molecule has 1 N–H and O–H groups in total. The van der Waals surface area contributed by atoms with E-state index in [-0.39, 0.29) is 29.3 Å². The van der Waals surface area contributed by atoms with Gasteiger partial charge in [-0.2, -0.15) is 0 Å². The minimum atomic E-state index is -1.11. The Labute approximate surface area is 227 Å². The van der Waals surface area contributed by atoms with E-state index in [1.807, 2.05) is 54.6 Å². The summed E-state index contributed by atoms with van der Waals surface area (Å²) in [7, 11) is 0. The minimum absolute atomic E-state index is 0.179. The number of aromatic nitrogens is 2. The summed E-state index contributed by atoms with van der Waals surface area (Å²) in [4.78, 5) is 48.7. The molecule has 190 valence electrons. The van der Waals surface area contributed by atoms with Crippen molar-refractivity contribution in [1.29, 1.82) is 0 Å². The summed E-state index contributed by atoms with van der Waals surface area (Å²) in [6.07, 6.45) is 0.704. The highest BCUT2D eigenvalue weighted by atomic mass is 79.9. The average Bonchev–Trinajstić information content (AvgIpc) is 3.48. The number of hydrogen-bond acceptors (Lipinski definition) is 5. The van der Waals surface area contributed by atoms with Gasteiger partial charge in [0.2, 0.25) is 11.8 Å². The molecule has 38 heavy (non-hydrogen) atoms. The summed E-state index contributed by atoms with van der Waals surface area (Å²) in [5, 5.41) is 4.26. The summed E-state index contributed by atoms with van der Waals surface area (Å²) in [6, 6.07) is 21.9. The predicted molar refractivity (Wildman–Crippen MR) is 148 cm³/mol. The van der Waals surface area contributed by atoms with Crippen LogP contribution in [0.3, 0.4) is 0 Å². The van der Waals surface area contributed by atoms with Crippen molar-refractivity contribution >= 4 is 44.3 Å². The largest absolute Gasteiger partial charge is 0.297 e. The quantitative estimate of drug-likeness (QED) is 0.367. The number of carbonyl (C=O) groups is 2. The second-order valence-electron chi connectivity index (χ2n) is 10.8. The number of hydrogen-bond donors (Lipinski definition) is 1. The Hall–Kier alpha value is -3.62. The van der Waals surface area contributed by atoms with E-state index in [0.717, 1.165) is 10.0 Å². The third-order valence-electron chi connectivity index (χ3n) is 8.17. The molecule has 3 aromatic carbocycles. The van der Waals surface area contributed by atoms with Gasteiger partial charge in [-0.05, 0) is 54.8 Å². The van der Waals surface area contributed by atoms with Gasteiger partial charge in [0.15, 0.2) is 0 Å². The summed E-state index contributed by atoms with van der Waals surface area (Å²) >= 11 is 3.44. The molecule has 0 unspecified atom stereocenters. The summed E-state index contributed by atoms with van der Waals surface area (Å²) in [5.41, 5.74) is 1.34. The molecule has 0 radical (unpaired) electrons. The van der Waals surface area contributed by atoms with E-state index >= 15 is 0 Å². The molecule has 0 aliphatic carbocycles. The number of nitrogens with zero attached hydrogens (tertiary/aromatic N) is 3. The van der Waals surface area contributed by atoms with Gasteiger partial charge >= 0.3 is 0 Å². The maximum atomic E-state index is 14.4. The van der Waals surface area contributed by atoms with Crippen molar-refractivity contribution in [3.63, 3.8) is 0 Å². The van der Waals surface area contributed by atoms with Gasteiger partial charge in [-0.3, -0.25) is 24.3 Å². The van der Waals surface area contributed by atoms with Crippen LogP contribution in [-0.4, -0.2) is 27.4 Å². The average molecular weight is 569 g/mol. The molecule has 1 spiro atoms. The van der Waals surface area contributed by atoms with E-state index in [2.05, 4.69) is 35.1 Å². The number of halogens is 1. The van der Waals surface area contributed by atoms with E-state index in [1.165, 1.54) is 4.90 Å². The van der Waals surface area contributed by atoms with Gasteiger partial charge in [0, 0.05) is 16.1 Å². The number of fused-ring (bicyclic) bond motifs is 8. The molecule has 4 aromatic rings. The molecule has 2 saturated heterocycles. The van der Waals surface area contributed by atoms with Crippen LogP contribution < -0.4 is 15.8 Å². The first-order valence-electron chi connectivity index (χ1n) is 12.9. The van der Waals surface area contributed by atoms with Crippen LogP contribution >= 0.6 is 15.9 Å². The monoisotopic (exact) mass is 568 g/mol. The molecule has 3 aliphatic heterocycles. The fourth-order valence-electron chi connectivity index (χ4n) is 6.77. The molecule has 7 rings (SSSR count). The molecule has 1 aromatic heterocycles. The number of nitrogens with one attached hydrogen (secondary N) is 1. The zero-order valence-corrected chi connectivity index (χ0v) is 22.5. The highest BCUT2D eigenvalue weighted by molar-refractivity contribution is 9.10. The standard InChI is InChI=1S/C30H25BrN4O3/c1-16(2)15-22-24-25(28(38)34(27(24)37)18-13-11-17(31)12-14-18)30(33-22)20-8-4-6-10-23(20)35-26(36)19-7-3-5-9-21(19)32-29(30)35/h3-14,16,22,24-25,33H,15H2,1-2H3/t22-,24-,25-,30+/m0/s1. The van der Waals surface area contributed by atoms with Gasteiger partial charge in [-0.1, -0.05) is 60.1 Å². The van der Waals surface area contributed by atoms with Gasteiger partial charge in [-0.15, -0.1) is 0 Å². The summed E-state index contributed by atoms with van der Waals surface area (Å²) < 4.78 is 2.50. The van der Waals surface area contributed by atoms with Crippen LogP contribution in [0.25, 0.3) is 16.6 Å². The SMILES string of the molecule is CC(C)C[C@@H]1N[C@]2(c3ccccc3-n3c2nc2ccccc2c3=O)[C@@H]2C(=O)N(c3ccc(Br)cc3)C(=O)[C@@H]12. The number of imide groups is 1. The topological polar surface area (TPSA) is 84.3 Å². The molecule has 2 amide bonds. The molecule has 4 atom stereocenters. The number of para-hydroxylation sites is 2. The molecule has 0 saturated carbocycles. The van der Waals surface area contributed by atoms with Crippen molar-refractivity contribution in [2.24, 2.45) is 17.8 Å². The van der Waals surface area contributed by atoms with Crippen molar-refractivity contribution in [2.75, 3.05) is 4.90 Å². The lowest BCUT2D eigenvalue weighted by atomic mass is 9.75. The van der Waals surface area contributed by atoms with E-state index < -0.39 is 17.4 Å². The van der Waals surface area contributed by atoms with E-state index in [1.54, 1.807) is 22.8 Å². The van der Waals surface area contributed by atoms with E-state index in [4.69, 9.17) is 4.98 Å². The van der Waals surface area contributed by atoms with Gasteiger partial charge in [0.05, 0.1) is 34.1 Å². The predicted octanol–water partition coefficient (Wildman–Crippen LogP) is 4.53. The van der Waals surface area contributed by atoms with Crippen LogP contribution in [0.1, 0.15) is 31.7 Å². The Balaban J connectivity index is 1.52. The minimum Gasteiger partial charge on any atom is -0.297 e. The van der Waals surface area contributed by atoms with Crippen molar-refractivity contribution in [3.05, 3.63) is 99.0 Å². The van der Waals surface area contributed by atoms with Crippen molar-refractivity contribution in [1.82, 2.24) is 14.9 Å². The van der Waals surface area contributed by atoms with Crippen LogP contribution in [0.5, 0.6) is 0 Å². The Morgan fingerprint density at radius 1 is 0.947 bits per heavy atom. The van der Waals surface area contributed by atoms with Crippen LogP contribution in [0, 0.1) is 17.8 Å². The number of benzene rings is 3. The molecular formula is C30H25BrN4O3. The van der Waals surface area contributed by atoms with Gasteiger partial charge in [-0.25, -0.2) is 9.88 Å². The highest BCUT2D eigenvalue weighted by Crippen LogP contribution is 2.56. The molecule has 3 aliphatic rings. The first kappa shape index (κ1) is 23.5. The second kappa shape index (κ2) is 8.19. The van der Waals surface area contributed by atoms with Crippen molar-refractivity contribution < 1.29 is 9.59 Å². The number of rotatable bonds is 3. The third kappa shape index (κ3) is 2.98.